The van der Waals surface area contributed by atoms with E-state index in [9.17, 15) is 0 Å². The van der Waals surface area contributed by atoms with Crippen molar-refractivity contribution in [3.8, 4) is 50.2 Å². The second-order valence-electron chi connectivity index (χ2n) is 16.5. The quantitative estimate of drug-likeness (QED) is 0.148. The summed E-state index contributed by atoms with van der Waals surface area (Å²) < 4.78 is 2.40. The molecular weight excluding hydrogens is 773 g/mol. The van der Waals surface area contributed by atoms with Gasteiger partial charge in [0.15, 0.2) is 0 Å². The largest absolute Gasteiger partial charge is 0.310 e. The molecule has 12 aromatic rings. The van der Waals surface area contributed by atoms with Crippen LogP contribution in [0.2, 0.25) is 0 Å². The average Bonchev–Trinajstić information content (AvgIpc) is 3.72. The average molecular weight is 815 g/mol. The molecule has 1 aromatic heterocycles. The summed E-state index contributed by atoms with van der Waals surface area (Å²) in [5.41, 5.74) is 16.4. The lowest BCUT2D eigenvalue weighted by Gasteiger charge is -2.28. The molecule has 64 heavy (non-hydrogen) atoms. The smallest absolute Gasteiger partial charge is 0.0547 e. The summed E-state index contributed by atoms with van der Waals surface area (Å²) in [5.74, 6) is 0. The fraction of sp³-hybridized carbons (Fsp3) is 0. The van der Waals surface area contributed by atoms with Crippen LogP contribution < -0.4 is 4.90 Å². The molecule has 0 unspecified atom stereocenters. The van der Waals surface area contributed by atoms with Crippen molar-refractivity contribution in [3.05, 3.63) is 255 Å². The maximum absolute atomic E-state index is 2.42. The van der Waals surface area contributed by atoms with Crippen LogP contribution in [-0.4, -0.2) is 4.57 Å². The zero-order chi connectivity index (χ0) is 42.4. The van der Waals surface area contributed by atoms with E-state index in [2.05, 4.69) is 264 Å². The number of rotatable bonds is 8. The summed E-state index contributed by atoms with van der Waals surface area (Å²) in [6.07, 6.45) is 0. The predicted molar refractivity (Wildman–Crippen MR) is 272 cm³/mol. The van der Waals surface area contributed by atoms with Gasteiger partial charge >= 0.3 is 0 Å². The number of benzene rings is 11. The first kappa shape index (κ1) is 37.3. The van der Waals surface area contributed by atoms with Crippen LogP contribution in [0.25, 0.3) is 93.5 Å². The van der Waals surface area contributed by atoms with Gasteiger partial charge in [-0.1, -0.05) is 188 Å². The van der Waals surface area contributed by atoms with Crippen molar-refractivity contribution in [1.29, 1.82) is 0 Å². The van der Waals surface area contributed by atoms with Gasteiger partial charge in [0.2, 0.25) is 0 Å². The predicted octanol–water partition coefficient (Wildman–Crippen LogP) is 17.2. The van der Waals surface area contributed by atoms with E-state index in [0.29, 0.717) is 0 Å². The molecule has 11 aromatic carbocycles. The number of hydrogen-bond donors (Lipinski definition) is 0. The van der Waals surface area contributed by atoms with E-state index in [0.717, 1.165) is 28.3 Å². The molecular formula is C62H42N2. The molecule has 0 aliphatic heterocycles. The van der Waals surface area contributed by atoms with Crippen molar-refractivity contribution in [2.24, 2.45) is 0 Å². The standard InChI is InChI=1S/C62H42N2/c1-3-15-43(16-4-1)48-31-29-45-30-32-49(42-50(45)41-48)44-33-37-52(38-34-44)63(53-39-35-47(36-40-53)55-24-13-18-46-17-7-8-21-54(46)55)59-26-11-9-22-56(59)57-25-14-28-61-62(57)58-23-10-12-27-60(58)64(61)51-19-5-2-6-20-51/h1-42H. The van der Waals surface area contributed by atoms with E-state index in [-0.39, 0.29) is 0 Å². The van der Waals surface area contributed by atoms with E-state index in [1.807, 2.05) is 0 Å². The zero-order valence-electron chi connectivity index (χ0n) is 35.1. The number of anilines is 3. The van der Waals surface area contributed by atoms with Crippen molar-refractivity contribution in [2.75, 3.05) is 4.90 Å². The van der Waals surface area contributed by atoms with E-state index < -0.39 is 0 Å². The molecule has 0 atom stereocenters. The van der Waals surface area contributed by atoms with Crippen molar-refractivity contribution in [1.82, 2.24) is 4.57 Å². The lowest BCUT2D eigenvalue weighted by Crippen LogP contribution is -2.11. The molecule has 0 aliphatic rings. The Bertz CT molecular complexity index is 3640. The summed E-state index contributed by atoms with van der Waals surface area (Å²) in [6.45, 7) is 0. The molecule has 0 aliphatic carbocycles. The van der Waals surface area contributed by atoms with Gasteiger partial charge in [-0.3, -0.25) is 0 Å². The minimum absolute atomic E-state index is 1.08. The van der Waals surface area contributed by atoms with E-state index >= 15 is 0 Å². The minimum atomic E-state index is 1.08. The van der Waals surface area contributed by atoms with Gasteiger partial charge in [-0.15, -0.1) is 0 Å². The first-order chi connectivity index (χ1) is 31.7. The van der Waals surface area contributed by atoms with Crippen molar-refractivity contribution in [3.63, 3.8) is 0 Å². The molecule has 0 saturated carbocycles. The molecule has 0 fully saturated rings. The Morgan fingerprint density at radius 2 is 0.797 bits per heavy atom. The SMILES string of the molecule is c1ccc(-c2ccc3ccc(-c4ccc(N(c5ccc(-c6cccc7ccccc67)cc5)c5ccccc5-c5cccc6c5c5ccccc5n6-c5ccccc5)cc4)cc3c2)cc1. The zero-order valence-corrected chi connectivity index (χ0v) is 35.1. The van der Waals surface area contributed by atoms with Crippen LogP contribution in [0.15, 0.2) is 255 Å². The highest BCUT2D eigenvalue weighted by Crippen LogP contribution is 2.46. The van der Waals surface area contributed by atoms with Gasteiger partial charge in [-0.2, -0.15) is 0 Å². The highest BCUT2D eigenvalue weighted by atomic mass is 15.1. The normalized spacial score (nSPS) is 11.4. The minimum Gasteiger partial charge on any atom is -0.310 e. The van der Waals surface area contributed by atoms with Gasteiger partial charge in [-0.05, 0) is 127 Å². The first-order valence-corrected chi connectivity index (χ1v) is 22.0. The molecule has 1 heterocycles. The molecule has 0 bridgehead atoms. The van der Waals surface area contributed by atoms with Crippen LogP contribution in [0.1, 0.15) is 0 Å². The van der Waals surface area contributed by atoms with Gasteiger partial charge in [0.1, 0.15) is 0 Å². The molecule has 0 N–H and O–H groups in total. The number of fused-ring (bicyclic) bond motifs is 5. The Labute approximate surface area is 373 Å². The number of nitrogens with zero attached hydrogens (tertiary/aromatic N) is 2. The molecule has 0 amide bonds. The third kappa shape index (κ3) is 6.52. The molecule has 12 rings (SSSR count). The summed E-state index contributed by atoms with van der Waals surface area (Å²) in [4.78, 5) is 2.42. The number of aromatic nitrogens is 1. The van der Waals surface area contributed by atoms with Crippen molar-refractivity contribution >= 4 is 60.4 Å². The number of para-hydroxylation sites is 3. The van der Waals surface area contributed by atoms with Crippen LogP contribution in [0.3, 0.4) is 0 Å². The van der Waals surface area contributed by atoms with Crippen molar-refractivity contribution in [2.45, 2.75) is 0 Å². The Morgan fingerprint density at radius 3 is 1.55 bits per heavy atom. The molecule has 0 radical (unpaired) electrons. The summed E-state index contributed by atoms with van der Waals surface area (Å²) in [5, 5.41) is 7.43. The molecule has 0 saturated heterocycles. The van der Waals surface area contributed by atoms with Crippen LogP contribution >= 0.6 is 0 Å². The lowest BCUT2D eigenvalue weighted by atomic mass is 9.95. The molecule has 0 spiro atoms. The van der Waals surface area contributed by atoms with Crippen LogP contribution in [0.5, 0.6) is 0 Å². The fourth-order valence-electron chi connectivity index (χ4n) is 9.73. The monoisotopic (exact) mass is 814 g/mol. The second kappa shape index (κ2) is 15.8. The second-order valence-corrected chi connectivity index (χ2v) is 16.5. The van der Waals surface area contributed by atoms with Gasteiger partial charge < -0.3 is 9.47 Å². The third-order valence-electron chi connectivity index (χ3n) is 12.8. The van der Waals surface area contributed by atoms with Gasteiger partial charge in [0.25, 0.3) is 0 Å². The Balaban J connectivity index is 1.01. The van der Waals surface area contributed by atoms with Crippen LogP contribution in [-0.2, 0) is 0 Å². The third-order valence-corrected chi connectivity index (χ3v) is 12.8. The van der Waals surface area contributed by atoms with E-state index in [1.165, 1.54) is 82.3 Å². The molecule has 300 valence electrons. The van der Waals surface area contributed by atoms with E-state index in [1.54, 1.807) is 0 Å². The molecule has 2 nitrogen and oxygen atoms in total. The lowest BCUT2D eigenvalue weighted by molar-refractivity contribution is 1.18. The highest BCUT2D eigenvalue weighted by molar-refractivity contribution is 6.17. The van der Waals surface area contributed by atoms with Gasteiger partial charge in [0.05, 0.1) is 16.7 Å². The van der Waals surface area contributed by atoms with Crippen LogP contribution in [0, 0.1) is 0 Å². The van der Waals surface area contributed by atoms with Crippen LogP contribution in [0.4, 0.5) is 17.1 Å². The van der Waals surface area contributed by atoms with E-state index in [4.69, 9.17) is 0 Å². The Hall–Kier alpha value is -8.46. The summed E-state index contributed by atoms with van der Waals surface area (Å²) in [6, 6.07) is 92.7. The summed E-state index contributed by atoms with van der Waals surface area (Å²) >= 11 is 0. The highest BCUT2D eigenvalue weighted by Gasteiger charge is 2.22. The molecule has 2 heteroatoms. The Morgan fingerprint density at radius 1 is 0.281 bits per heavy atom. The van der Waals surface area contributed by atoms with Gasteiger partial charge in [0, 0.05) is 33.4 Å². The van der Waals surface area contributed by atoms with Gasteiger partial charge in [-0.25, -0.2) is 0 Å². The summed E-state index contributed by atoms with van der Waals surface area (Å²) in [7, 11) is 0. The maximum Gasteiger partial charge on any atom is 0.0547 e. The number of hydrogen-bond acceptors (Lipinski definition) is 1. The Kier molecular flexibility index (Phi) is 9.20. The topological polar surface area (TPSA) is 8.17 Å². The maximum atomic E-state index is 2.42. The fourth-order valence-corrected chi connectivity index (χ4v) is 9.73. The first-order valence-electron chi connectivity index (χ1n) is 22.0. The van der Waals surface area contributed by atoms with Crippen molar-refractivity contribution < 1.29 is 0 Å².